The first kappa shape index (κ1) is 21.8. The van der Waals surface area contributed by atoms with Gasteiger partial charge >= 0.3 is 0 Å². The number of carbonyl (C=O) groups excluding carboxylic acids is 4. The van der Waals surface area contributed by atoms with Gasteiger partial charge in [0.1, 0.15) is 6.04 Å². The molecule has 2 aromatic rings. The normalized spacial score (nSPS) is 11.5. The minimum absolute atomic E-state index is 0.0861. The van der Waals surface area contributed by atoms with Crippen LogP contribution >= 0.6 is 0 Å². The van der Waals surface area contributed by atoms with E-state index in [1.165, 1.54) is 0 Å². The standard InChI is InChI=1S/C20H25N5O4/c1-22-10-17(26)23-11-18(27)24-12-19(28)25-16(20(21)29)9-13-6-7-14-4-2-3-5-15(14)8-13/h2-8,16,22H,9-12H2,1H3,(H2,21,29)(H,23,26)(H,24,27)(H,25,28). The molecule has 29 heavy (non-hydrogen) atoms. The molecule has 1 atom stereocenters. The molecule has 9 nitrogen and oxygen atoms in total. The highest BCUT2D eigenvalue weighted by Crippen LogP contribution is 2.16. The molecule has 0 spiro atoms. The van der Waals surface area contributed by atoms with Crippen LogP contribution < -0.4 is 27.0 Å². The molecule has 4 amide bonds. The molecule has 2 aromatic carbocycles. The van der Waals surface area contributed by atoms with Crippen LogP contribution in [-0.2, 0) is 25.6 Å². The van der Waals surface area contributed by atoms with Crippen LogP contribution in [0, 0.1) is 0 Å². The number of benzene rings is 2. The van der Waals surface area contributed by atoms with Crippen molar-refractivity contribution in [1.29, 1.82) is 0 Å². The van der Waals surface area contributed by atoms with Gasteiger partial charge in [-0.2, -0.15) is 0 Å². The van der Waals surface area contributed by atoms with Gasteiger partial charge in [-0.15, -0.1) is 0 Å². The van der Waals surface area contributed by atoms with E-state index in [9.17, 15) is 19.2 Å². The lowest BCUT2D eigenvalue weighted by molar-refractivity contribution is -0.129. The number of hydrogen-bond acceptors (Lipinski definition) is 5. The highest BCUT2D eigenvalue weighted by atomic mass is 16.2. The Morgan fingerprint density at radius 3 is 2.14 bits per heavy atom. The Balaban J connectivity index is 1.85. The van der Waals surface area contributed by atoms with Crippen LogP contribution in [0.1, 0.15) is 5.56 Å². The maximum absolute atomic E-state index is 12.1. The third-order valence-electron chi connectivity index (χ3n) is 4.16. The Kier molecular flexibility index (Phi) is 8.11. The molecule has 6 N–H and O–H groups in total. The van der Waals surface area contributed by atoms with Crippen LogP contribution in [0.4, 0.5) is 0 Å². The number of nitrogens with one attached hydrogen (secondary N) is 4. The van der Waals surface area contributed by atoms with Crippen molar-refractivity contribution in [3.63, 3.8) is 0 Å². The SMILES string of the molecule is CNCC(=O)NCC(=O)NCC(=O)NC(Cc1ccc2ccccc2c1)C(N)=O. The van der Waals surface area contributed by atoms with Gasteiger partial charge in [0.15, 0.2) is 0 Å². The van der Waals surface area contributed by atoms with E-state index in [0.717, 1.165) is 16.3 Å². The van der Waals surface area contributed by atoms with Crippen molar-refractivity contribution in [3.8, 4) is 0 Å². The smallest absolute Gasteiger partial charge is 0.240 e. The van der Waals surface area contributed by atoms with Crippen LogP contribution in [0.2, 0.25) is 0 Å². The zero-order valence-corrected chi connectivity index (χ0v) is 16.2. The van der Waals surface area contributed by atoms with Crippen LogP contribution in [-0.4, -0.2) is 56.4 Å². The first-order valence-electron chi connectivity index (χ1n) is 9.13. The summed E-state index contributed by atoms with van der Waals surface area (Å²) in [6.45, 7) is -0.491. The minimum atomic E-state index is -0.907. The second-order valence-corrected chi connectivity index (χ2v) is 6.49. The Labute approximate surface area is 168 Å². The number of amides is 4. The summed E-state index contributed by atoms with van der Waals surface area (Å²) in [5.41, 5.74) is 6.27. The summed E-state index contributed by atoms with van der Waals surface area (Å²) < 4.78 is 0. The molecule has 0 saturated carbocycles. The molecule has 2 rings (SSSR count). The lowest BCUT2D eigenvalue weighted by atomic mass is 10.0. The highest BCUT2D eigenvalue weighted by Gasteiger charge is 2.19. The Morgan fingerprint density at radius 1 is 0.862 bits per heavy atom. The summed E-state index contributed by atoms with van der Waals surface area (Å²) in [6, 6.07) is 12.6. The van der Waals surface area contributed by atoms with Crippen molar-refractivity contribution in [2.45, 2.75) is 12.5 Å². The molecule has 0 aromatic heterocycles. The Morgan fingerprint density at radius 2 is 1.48 bits per heavy atom. The van der Waals surface area contributed by atoms with Crippen LogP contribution in [0.3, 0.4) is 0 Å². The predicted molar refractivity (Wildman–Crippen MR) is 109 cm³/mol. The summed E-state index contributed by atoms with van der Waals surface area (Å²) in [6.07, 6.45) is 0.236. The van der Waals surface area contributed by atoms with E-state index < -0.39 is 23.8 Å². The van der Waals surface area contributed by atoms with Crippen LogP contribution in [0.5, 0.6) is 0 Å². The van der Waals surface area contributed by atoms with Gasteiger partial charge < -0.3 is 27.0 Å². The maximum Gasteiger partial charge on any atom is 0.240 e. The number of rotatable bonds is 10. The first-order valence-corrected chi connectivity index (χ1v) is 9.13. The summed E-state index contributed by atoms with van der Waals surface area (Å²) in [5.74, 6) is -2.08. The molecule has 0 bridgehead atoms. The average molecular weight is 399 g/mol. The maximum atomic E-state index is 12.1. The van der Waals surface area contributed by atoms with E-state index >= 15 is 0 Å². The average Bonchev–Trinajstić information content (AvgIpc) is 2.70. The van der Waals surface area contributed by atoms with Crippen molar-refractivity contribution in [3.05, 3.63) is 48.0 Å². The molecule has 1 unspecified atom stereocenters. The van der Waals surface area contributed by atoms with Crippen molar-refractivity contribution < 1.29 is 19.2 Å². The van der Waals surface area contributed by atoms with Crippen molar-refractivity contribution in [2.24, 2.45) is 5.73 Å². The lowest BCUT2D eigenvalue weighted by Gasteiger charge is -2.16. The zero-order valence-electron chi connectivity index (χ0n) is 16.2. The Hall–Kier alpha value is -3.46. The third-order valence-corrected chi connectivity index (χ3v) is 4.16. The van der Waals surface area contributed by atoms with E-state index in [4.69, 9.17) is 5.73 Å². The molecule has 9 heteroatoms. The van der Waals surface area contributed by atoms with Crippen LogP contribution in [0.15, 0.2) is 42.5 Å². The second-order valence-electron chi connectivity index (χ2n) is 6.49. The number of nitrogens with two attached hydrogens (primary N) is 1. The van der Waals surface area contributed by atoms with Crippen molar-refractivity contribution in [2.75, 3.05) is 26.7 Å². The number of carbonyl (C=O) groups is 4. The van der Waals surface area contributed by atoms with Crippen LogP contribution in [0.25, 0.3) is 10.8 Å². The summed E-state index contributed by atoms with van der Waals surface area (Å²) in [7, 11) is 1.61. The van der Waals surface area contributed by atoms with Gasteiger partial charge in [0.25, 0.3) is 0 Å². The highest BCUT2D eigenvalue weighted by molar-refractivity contribution is 5.91. The molecule has 0 aliphatic carbocycles. The zero-order chi connectivity index (χ0) is 21.2. The molecule has 0 aliphatic rings. The van der Waals surface area contributed by atoms with E-state index in [2.05, 4.69) is 21.3 Å². The predicted octanol–water partition coefficient (Wildman–Crippen LogP) is -1.20. The number of hydrogen-bond donors (Lipinski definition) is 5. The first-order chi connectivity index (χ1) is 13.9. The van der Waals surface area contributed by atoms with Gasteiger partial charge in [0.05, 0.1) is 19.6 Å². The minimum Gasteiger partial charge on any atom is -0.368 e. The van der Waals surface area contributed by atoms with Gasteiger partial charge in [-0.05, 0) is 23.4 Å². The second kappa shape index (κ2) is 10.8. The molecule has 0 radical (unpaired) electrons. The number of fused-ring (bicyclic) bond motifs is 1. The molecule has 0 saturated heterocycles. The van der Waals surface area contributed by atoms with Crippen molar-refractivity contribution in [1.82, 2.24) is 21.3 Å². The number of likely N-dealkylation sites (N-methyl/N-ethyl adjacent to an activating group) is 1. The monoisotopic (exact) mass is 399 g/mol. The van der Waals surface area contributed by atoms with E-state index in [1.807, 2.05) is 42.5 Å². The van der Waals surface area contributed by atoms with Gasteiger partial charge in [0.2, 0.25) is 23.6 Å². The van der Waals surface area contributed by atoms with Gasteiger partial charge in [-0.3, -0.25) is 19.2 Å². The summed E-state index contributed by atoms with van der Waals surface area (Å²) in [4.78, 5) is 46.8. The summed E-state index contributed by atoms with van der Waals surface area (Å²) >= 11 is 0. The van der Waals surface area contributed by atoms with Gasteiger partial charge in [-0.1, -0.05) is 42.5 Å². The van der Waals surface area contributed by atoms with E-state index in [0.29, 0.717) is 0 Å². The number of primary amides is 1. The van der Waals surface area contributed by atoms with Crippen molar-refractivity contribution >= 4 is 34.4 Å². The lowest BCUT2D eigenvalue weighted by Crippen LogP contribution is -2.50. The quantitative estimate of drug-likeness (QED) is 0.341. The fourth-order valence-electron chi connectivity index (χ4n) is 2.71. The van der Waals surface area contributed by atoms with E-state index in [1.54, 1.807) is 7.05 Å². The molecule has 154 valence electrons. The molecule has 0 fully saturated rings. The van der Waals surface area contributed by atoms with E-state index in [-0.39, 0.29) is 32.0 Å². The largest absolute Gasteiger partial charge is 0.368 e. The third kappa shape index (κ3) is 7.23. The summed E-state index contributed by atoms with van der Waals surface area (Å²) in [5, 5.41) is 12.0. The Bertz CT molecular complexity index is 899. The fourth-order valence-corrected chi connectivity index (χ4v) is 2.71. The molecule has 0 aliphatic heterocycles. The fraction of sp³-hybridized carbons (Fsp3) is 0.300. The van der Waals surface area contributed by atoms with Gasteiger partial charge in [0, 0.05) is 6.42 Å². The topological polar surface area (TPSA) is 142 Å². The molecule has 0 heterocycles. The molecular weight excluding hydrogens is 374 g/mol. The molecular formula is C20H25N5O4. The van der Waals surface area contributed by atoms with Gasteiger partial charge in [-0.25, -0.2) is 0 Å².